The summed E-state index contributed by atoms with van der Waals surface area (Å²) in [5.41, 5.74) is 2.06. The maximum atomic E-state index is 8.16. The number of ether oxygens (including phenoxy) is 1. The van der Waals surface area contributed by atoms with Crippen molar-refractivity contribution >= 4 is 5.90 Å². The van der Waals surface area contributed by atoms with Crippen LogP contribution in [0.5, 0.6) is 0 Å². The Morgan fingerprint density at radius 3 is 2.45 bits per heavy atom. The first-order valence-electron chi connectivity index (χ1n) is 7.74. The van der Waals surface area contributed by atoms with Gasteiger partial charge in [0.05, 0.1) is 0 Å². The highest BCUT2D eigenvalue weighted by Gasteiger charge is 2.20. The Balaban J connectivity index is 2.05. The van der Waals surface area contributed by atoms with Crippen LogP contribution in [0.3, 0.4) is 0 Å². The van der Waals surface area contributed by atoms with Crippen molar-refractivity contribution in [2.45, 2.75) is 52.4 Å². The van der Waals surface area contributed by atoms with E-state index < -0.39 is 0 Å². The van der Waals surface area contributed by atoms with Crippen molar-refractivity contribution < 1.29 is 4.74 Å². The first-order chi connectivity index (χ1) is 9.70. The number of aryl methyl sites for hydroxylation is 1. The van der Waals surface area contributed by atoms with E-state index in [1.807, 2.05) is 24.3 Å². The number of rotatable bonds is 4. The highest BCUT2D eigenvalue weighted by atomic mass is 16.5. The van der Waals surface area contributed by atoms with Crippen LogP contribution in [-0.4, -0.2) is 5.90 Å². The maximum absolute atomic E-state index is 8.16. The van der Waals surface area contributed by atoms with Crippen molar-refractivity contribution in [3.8, 4) is 0 Å². The summed E-state index contributed by atoms with van der Waals surface area (Å²) in [5, 5.41) is 8.16. The standard InChI is InChI=1S/C18H25NO/c1-3-7-17(15-8-5-4-6-9-15)20-18(19)16-12-10-14(2)11-13-16/h7,10-13,15,19H,3-6,8-9H2,1-2H3/b17-7+,19-18?. The van der Waals surface area contributed by atoms with Gasteiger partial charge in [0.15, 0.2) is 0 Å². The summed E-state index contributed by atoms with van der Waals surface area (Å²) in [5.74, 6) is 1.79. The van der Waals surface area contributed by atoms with E-state index in [1.165, 1.54) is 37.7 Å². The van der Waals surface area contributed by atoms with Crippen molar-refractivity contribution in [1.82, 2.24) is 0 Å². The molecule has 1 aromatic rings. The fraction of sp³-hybridized carbons (Fsp3) is 0.500. The third kappa shape index (κ3) is 3.96. The van der Waals surface area contributed by atoms with Gasteiger partial charge in [-0.05, 0) is 44.4 Å². The van der Waals surface area contributed by atoms with Gasteiger partial charge in [-0.15, -0.1) is 0 Å². The summed E-state index contributed by atoms with van der Waals surface area (Å²) in [6, 6.07) is 7.97. The van der Waals surface area contributed by atoms with E-state index in [9.17, 15) is 0 Å². The van der Waals surface area contributed by atoms with E-state index in [0.717, 1.165) is 17.7 Å². The largest absolute Gasteiger partial charge is 0.443 e. The van der Waals surface area contributed by atoms with Crippen LogP contribution in [0.1, 0.15) is 56.6 Å². The zero-order chi connectivity index (χ0) is 14.4. The average molecular weight is 271 g/mol. The molecular weight excluding hydrogens is 246 g/mol. The second kappa shape index (κ2) is 7.28. The molecule has 0 aromatic heterocycles. The molecule has 0 bridgehead atoms. The van der Waals surface area contributed by atoms with Crippen molar-refractivity contribution in [2.24, 2.45) is 5.92 Å². The van der Waals surface area contributed by atoms with Gasteiger partial charge in [0.2, 0.25) is 5.90 Å². The van der Waals surface area contributed by atoms with E-state index in [4.69, 9.17) is 10.1 Å². The lowest BCUT2D eigenvalue weighted by Crippen LogP contribution is -2.15. The minimum absolute atomic E-state index is 0.273. The first kappa shape index (κ1) is 14.8. The summed E-state index contributed by atoms with van der Waals surface area (Å²) in [6.07, 6.45) is 9.43. The fourth-order valence-corrected chi connectivity index (χ4v) is 2.76. The van der Waals surface area contributed by atoms with Crippen LogP contribution in [0.2, 0.25) is 0 Å². The second-order valence-electron chi connectivity index (χ2n) is 5.65. The smallest absolute Gasteiger partial charge is 0.218 e. The second-order valence-corrected chi connectivity index (χ2v) is 5.65. The summed E-state index contributed by atoms with van der Waals surface area (Å²) in [7, 11) is 0. The van der Waals surface area contributed by atoms with Crippen LogP contribution in [-0.2, 0) is 4.74 Å². The Hall–Kier alpha value is -1.57. The summed E-state index contributed by atoms with van der Waals surface area (Å²) in [4.78, 5) is 0. The van der Waals surface area contributed by atoms with Crippen LogP contribution in [0.4, 0.5) is 0 Å². The lowest BCUT2D eigenvalue weighted by atomic mass is 9.87. The predicted molar refractivity (Wildman–Crippen MR) is 84.0 cm³/mol. The minimum atomic E-state index is 0.273. The monoisotopic (exact) mass is 271 g/mol. The molecule has 2 heteroatoms. The molecule has 2 rings (SSSR count). The van der Waals surface area contributed by atoms with Gasteiger partial charge in [-0.25, -0.2) is 0 Å². The molecule has 0 radical (unpaired) electrons. The van der Waals surface area contributed by atoms with Gasteiger partial charge in [0.25, 0.3) is 0 Å². The highest BCUT2D eigenvalue weighted by molar-refractivity contribution is 5.92. The van der Waals surface area contributed by atoms with Crippen LogP contribution >= 0.6 is 0 Å². The van der Waals surface area contributed by atoms with Crippen LogP contribution in [0, 0.1) is 18.3 Å². The van der Waals surface area contributed by atoms with Gasteiger partial charge in [-0.2, -0.15) is 0 Å². The normalized spacial score (nSPS) is 17.0. The quantitative estimate of drug-likeness (QED) is 0.455. The van der Waals surface area contributed by atoms with E-state index in [0.29, 0.717) is 5.92 Å². The zero-order valence-corrected chi connectivity index (χ0v) is 12.6. The maximum Gasteiger partial charge on any atom is 0.218 e. The van der Waals surface area contributed by atoms with Gasteiger partial charge < -0.3 is 4.74 Å². The molecule has 108 valence electrons. The molecule has 1 saturated carbocycles. The van der Waals surface area contributed by atoms with Crippen LogP contribution in [0.25, 0.3) is 0 Å². The van der Waals surface area contributed by atoms with Gasteiger partial charge in [0.1, 0.15) is 5.76 Å². The zero-order valence-electron chi connectivity index (χ0n) is 12.6. The first-order valence-corrected chi connectivity index (χ1v) is 7.74. The van der Waals surface area contributed by atoms with Gasteiger partial charge in [0, 0.05) is 11.5 Å². The van der Waals surface area contributed by atoms with Gasteiger partial charge >= 0.3 is 0 Å². The molecule has 1 aliphatic rings. The molecule has 0 unspecified atom stereocenters. The predicted octanol–water partition coefficient (Wildman–Crippen LogP) is 5.21. The molecule has 20 heavy (non-hydrogen) atoms. The lowest BCUT2D eigenvalue weighted by molar-refractivity contribution is 0.279. The molecule has 0 saturated heterocycles. The number of allylic oxidation sites excluding steroid dienone is 2. The Kier molecular flexibility index (Phi) is 5.40. The van der Waals surface area contributed by atoms with Crippen molar-refractivity contribution in [2.75, 3.05) is 0 Å². The Morgan fingerprint density at radius 1 is 1.20 bits per heavy atom. The lowest BCUT2D eigenvalue weighted by Gasteiger charge is -2.24. The highest BCUT2D eigenvalue weighted by Crippen LogP contribution is 2.31. The number of hydrogen-bond acceptors (Lipinski definition) is 2. The molecule has 2 nitrogen and oxygen atoms in total. The number of nitrogens with one attached hydrogen (secondary N) is 1. The molecule has 1 aromatic carbocycles. The molecule has 0 spiro atoms. The molecule has 0 heterocycles. The van der Waals surface area contributed by atoms with Crippen LogP contribution in [0.15, 0.2) is 36.1 Å². The topological polar surface area (TPSA) is 33.1 Å². The van der Waals surface area contributed by atoms with Crippen molar-refractivity contribution in [3.63, 3.8) is 0 Å². The molecule has 1 fully saturated rings. The Labute approximate surface area is 122 Å². The van der Waals surface area contributed by atoms with Crippen molar-refractivity contribution in [1.29, 1.82) is 5.41 Å². The molecule has 0 aliphatic heterocycles. The minimum Gasteiger partial charge on any atom is -0.443 e. The van der Waals surface area contributed by atoms with Gasteiger partial charge in [-0.1, -0.05) is 43.9 Å². The number of hydrogen-bond donors (Lipinski definition) is 1. The Bertz CT molecular complexity index is 467. The van der Waals surface area contributed by atoms with E-state index in [1.54, 1.807) is 0 Å². The summed E-state index contributed by atoms with van der Waals surface area (Å²) >= 11 is 0. The molecule has 0 atom stereocenters. The third-order valence-electron chi connectivity index (χ3n) is 3.95. The van der Waals surface area contributed by atoms with E-state index >= 15 is 0 Å². The molecular formula is C18H25NO. The number of benzene rings is 1. The SMILES string of the molecule is CC/C=C(/OC(=N)c1ccc(C)cc1)C1CCCCC1. The summed E-state index contributed by atoms with van der Waals surface area (Å²) < 4.78 is 5.90. The molecule has 1 aliphatic carbocycles. The Morgan fingerprint density at radius 2 is 1.85 bits per heavy atom. The van der Waals surface area contributed by atoms with Crippen LogP contribution < -0.4 is 0 Å². The van der Waals surface area contributed by atoms with E-state index in [-0.39, 0.29) is 5.90 Å². The third-order valence-corrected chi connectivity index (χ3v) is 3.95. The average Bonchev–Trinajstić information content (AvgIpc) is 2.48. The molecule has 1 N–H and O–H groups in total. The van der Waals surface area contributed by atoms with E-state index in [2.05, 4.69) is 19.9 Å². The summed E-state index contributed by atoms with van der Waals surface area (Å²) in [6.45, 7) is 4.18. The fourth-order valence-electron chi connectivity index (χ4n) is 2.76. The van der Waals surface area contributed by atoms with Crippen molar-refractivity contribution in [3.05, 3.63) is 47.2 Å². The molecule has 0 amide bonds. The van der Waals surface area contributed by atoms with Gasteiger partial charge in [-0.3, -0.25) is 5.41 Å².